The van der Waals surface area contributed by atoms with Crippen LogP contribution < -0.4 is 20.1 Å². The van der Waals surface area contributed by atoms with Gasteiger partial charge in [-0.25, -0.2) is 0 Å². The van der Waals surface area contributed by atoms with Crippen LogP contribution in [0.5, 0.6) is 17.2 Å². The van der Waals surface area contributed by atoms with Crippen molar-refractivity contribution in [2.24, 2.45) is 0 Å². The number of nitrogens with one attached hydrogen (secondary N) is 2. The number of carbonyl (C=O) groups excluding carboxylic acids is 3. The maximum absolute atomic E-state index is 12.3. The molecular weight excluding hydrogens is 496 g/mol. The SMILES string of the molecule is CCOc1ccccc1NC(=O)COC(=O)CCCC(=O)Nc1ccc(Oc2cc(C)ccc2C(C)C)cc1. The lowest BCUT2D eigenvalue weighted by Crippen LogP contribution is -2.21. The highest BCUT2D eigenvalue weighted by atomic mass is 16.5. The van der Waals surface area contributed by atoms with Gasteiger partial charge in [-0.05, 0) is 79.8 Å². The van der Waals surface area contributed by atoms with E-state index in [0.717, 1.165) is 16.9 Å². The third kappa shape index (κ3) is 9.48. The number of hydrogen-bond donors (Lipinski definition) is 2. The van der Waals surface area contributed by atoms with Crippen LogP contribution in [0.25, 0.3) is 0 Å². The molecule has 0 bridgehead atoms. The Kier molecular flexibility index (Phi) is 10.9. The number of para-hydroxylation sites is 2. The Labute approximate surface area is 229 Å². The summed E-state index contributed by atoms with van der Waals surface area (Å²) in [4.78, 5) is 36.5. The maximum Gasteiger partial charge on any atom is 0.306 e. The largest absolute Gasteiger partial charge is 0.492 e. The molecule has 3 aromatic carbocycles. The monoisotopic (exact) mass is 532 g/mol. The van der Waals surface area contributed by atoms with Crippen molar-refractivity contribution in [2.75, 3.05) is 23.8 Å². The minimum Gasteiger partial charge on any atom is -0.492 e. The zero-order valence-electron chi connectivity index (χ0n) is 22.9. The zero-order valence-corrected chi connectivity index (χ0v) is 22.9. The van der Waals surface area contributed by atoms with E-state index in [1.807, 2.05) is 19.9 Å². The molecule has 0 aliphatic rings. The van der Waals surface area contributed by atoms with E-state index < -0.39 is 18.5 Å². The third-order valence-electron chi connectivity index (χ3n) is 5.77. The van der Waals surface area contributed by atoms with Gasteiger partial charge in [0.05, 0.1) is 12.3 Å². The second kappa shape index (κ2) is 14.6. The van der Waals surface area contributed by atoms with E-state index in [1.165, 1.54) is 0 Å². The molecule has 3 aromatic rings. The van der Waals surface area contributed by atoms with Crippen LogP contribution in [-0.2, 0) is 19.1 Å². The van der Waals surface area contributed by atoms with Crippen molar-refractivity contribution in [3.05, 3.63) is 77.9 Å². The summed E-state index contributed by atoms with van der Waals surface area (Å²) in [5.41, 5.74) is 3.39. The van der Waals surface area contributed by atoms with Crippen molar-refractivity contribution in [3.63, 3.8) is 0 Å². The molecule has 206 valence electrons. The second-order valence-electron chi connectivity index (χ2n) is 9.36. The molecule has 0 radical (unpaired) electrons. The summed E-state index contributed by atoms with van der Waals surface area (Å²) in [6, 6.07) is 20.3. The highest BCUT2D eigenvalue weighted by molar-refractivity contribution is 5.94. The van der Waals surface area contributed by atoms with E-state index in [1.54, 1.807) is 48.5 Å². The van der Waals surface area contributed by atoms with Gasteiger partial charge in [0, 0.05) is 18.5 Å². The fraction of sp³-hybridized carbons (Fsp3) is 0.323. The number of amides is 2. The van der Waals surface area contributed by atoms with Crippen molar-refractivity contribution < 1.29 is 28.6 Å². The van der Waals surface area contributed by atoms with Crippen LogP contribution in [0.3, 0.4) is 0 Å². The molecule has 0 aliphatic carbocycles. The normalized spacial score (nSPS) is 10.6. The number of aryl methyl sites for hydroxylation is 1. The van der Waals surface area contributed by atoms with Gasteiger partial charge in [-0.3, -0.25) is 14.4 Å². The molecule has 0 spiro atoms. The number of hydrogen-bond acceptors (Lipinski definition) is 6. The lowest BCUT2D eigenvalue weighted by molar-refractivity contribution is -0.147. The molecule has 0 heterocycles. The average molecular weight is 533 g/mol. The van der Waals surface area contributed by atoms with Gasteiger partial charge in [0.15, 0.2) is 6.61 Å². The first-order valence-corrected chi connectivity index (χ1v) is 13.1. The summed E-state index contributed by atoms with van der Waals surface area (Å²) in [7, 11) is 0. The van der Waals surface area contributed by atoms with Gasteiger partial charge in [-0.1, -0.05) is 38.1 Å². The number of ether oxygens (including phenoxy) is 3. The first-order valence-electron chi connectivity index (χ1n) is 13.1. The Hall–Kier alpha value is -4.33. The zero-order chi connectivity index (χ0) is 28.2. The van der Waals surface area contributed by atoms with E-state index in [0.29, 0.717) is 41.8 Å². The summed E-state index contributed by atoms with van der Waals surface area (Å²) in [6.07, 6.45) is 0.464. The van der Waals surface area contributed by atoms with Crippen LogP contribution in [0.15, 0.2) is 66.7 Å². The maximum atomic E-state index is 12.3. The lowest BCUT2D eigenvalue weighted by atomic mass is 10.0. The Morgan fingerprint density at radius 2 is 1.59 bits per heavy atom. The molecule has 3 rings (SSSR count). The fourth-order valence-electron chi connectivity index (χ4n) is 3.81. The van der Waals surface area contributed by atoms with E-state index >= 15 is 0 Å². The van der Waals surface area contributed by atoms with E-state index in [9.17, 15) is 14.4 Å². The fourth-order valence-corrected chi connectivity index (χ4v) is 3.81. The number of esters is 1. The molecule has 39 heavy (non-hydrogen) atoms. The minimum atomic E-state index is -0.547. The molecule has 8 nitrogen and oxygen atoms in total. The first-order chi connectivity index (χ1) is 18.7. The average Bonchev–Trinajstić information content (AvgIpc) is 2.90. The summed E-state index contributed by atoms with van der Waals surface area (Å²) >= 11 is 0. The van der Waals surface area contributed by atoms with E-state index in [-0.39, 0.29) is 18.7 Å². The summed E-state index contributed by atoms with van der Waals surface area (Å²) in [6.45, 7) is 8.16. The molecule has 0 aromatic heterocycles. The van der Waals surface area contributed by atoms with Gasteiger partial charge >= 0.3 is 5.97 Å². The van der Waals surface area contributed by atoms with Crippen molar-refractivity contribution in [3.8, 4) is 17.2 Å². The van der Waals surface area contributed by atoms with Crippen molar-refractivity contribution >= 4 is 29.2 Å². The molecule has 0 atom stereocenters. The standard InChI is InChI=1S/C31H36N2O6/c1-5-37-27-10-7-6-9-26(27)33-30(35)20-38-31(36)12-8-11-29(34)32-23-14-16-24(17-15-23)39-28-19-22(4)13-18-25(28)21(2)3/h6-7,9-10,13-19,21H,5,8,11-12,20H2,1-4H3,(H,32,34)(H,33,35). The topological polar surface area (TPSA) is 103 Å². The molecule has 8 heteroatoms. The van der Waals surface area contributed by atoms with Crippen LogP contribution in [0.1, 0.15) is 57.1 Å². The number of rotatable bonds is 13. The number of carbonyl (C=O) groups is 3. The highest BCUT2D eigenvalue weighted by Crippen LogP contribution is 2.32. The molecule has 0 saturated heterocycles. The Bertz CT molecular complexity index is 1270. The van der Waals surface area contributed by atoms with Gasteiger partial charge in [-0.2, -0.15) is 0 Å². The molecule has 2 N–H and O–H groups in total. The van der Waals surface area contributed by atoms with Crippen LogP contribution >= 0.6 is 0 Å². The number of anilines is 2. The summed E-state index contributed by atoms with van der Waals surface area (Å²) < 4.78 is 16.6. The Morgan fingerprint density at radius 3 is 2.31 bits per heavy atom. The molecular formula is C31H36N2O6. The summed E-state index contributed by atoms with van der Waals surface area (Å²) in [5.74, 6) is 1.13. The van der Waals surface area contributed by atoms with Crippen molar-refractivity contribution in [1.82, 2.24) is 0 Å². The lowest BCUT2D eigenvalue weighted by Gasteiger charge is -2.15. The van der Waals surface area contributed by atoms with Crippen LogP contribution in [0, 0.1) is 6.92 Å². The predicted octanol–water partition coefficient (Wildman–Crippen LogP) is 6.60. The molecule has 2 amide bonds. The minimum absolute atomic E-state index is 0.0255. The van der Waals surface area contributed by atoms with Gasteiger partial charge in [-0.15, -0.1) is 0 Å². The number of benzene rings is 3. The van der Waals surface area contributed by atoms with Crippen molar-refractivity contribution in [1.29, 1.82) is 0 Å². The molecule has 0 unspecified atom stereocenters. The summed E-state index contributed by atoms with van der Waals surface area (Å²) in [5, 5.41) is 5.48. The van der Waals surface area contributed by atoms with Gasteiger partial charge in [0.25, 0.3) is 5.91 Å². The Morgan fingerprint density at radius 1 is 0.846 bits per heavy atom. The highest BCUT2D eigenvalue weighted by Gasteiger charge is 2.12. The second-order valence-corrected chi connectivity index (χ2v) is 9.36. The molecule has 0 saturated carbocycles. The van der Waals surface area contributed by atoms with Gasteiger partial charge in [0.2, 0.25) is 5.91 Å². The van der Waals surface area contributed by atoms with Crippen LogP contribution in [0.2, 0.25) is 0 Å². The van der Waals surface area contributed by atoms with Crippen LogP contribution in [-0.4, -0.2) is 31.0 Å². The van der Waals surface area contributed by atoms with Gasteiger partial charge < -0.3 is 24.8 Å². The van der Waals surface area contributed by atoms with E-state index in [2.05, 4.69) is 36.6 Å². The molecule has 0 aliphatic heterocycles. The van der Waals surface area contributed by atoms with Gasteiger partial charge in [0.1, 0.15) is 17.2 Å². The third-order valence-corrected chi connectivity index (χ3v) is 5.77. The smallest absolute Gasteiger partial charge is 0.306 e. The van der Waals surface area contributed by atoms with Crippen LogP contribution in [0.4, 0.5) is 11.4 Å². The quantitative estimate of drug-likeness (QED) is 0.241. The van der Waals surface area contributed by atoms with E-state index in [4.69, 9.17) is 14.2 Å². The molecule has 0 fully saturated rings. The van der Waals surface area contributed by atoms with Crippen molar-refractivity contribution in [2.45, 2.75) is 52.9 Å². The Balaban J connectivity index is 1.38. The predicted molar refractivity (Wildman–Crippen MR) is 151 cm³/mol. The first kappa shape index (κ1) is 29.2.